The van der Waals surface area contributed by atoms with Crippen molar-refractivity contribution in [1.82, 2.24) is 4.57 Å². The number of benzene rings is 1. The summed E-state index contributed by atoms with van der Waals surface area (Å²) in [6, 6.07) is 10.2. The lowest BCUT2D eigenvalue weighted by atomic mass is 10.2. The second kappa shape index (κ2) is 4.70. The van der Waals surface area contributed by atoms with Crippen LogP contribution in [-0.4, -0.2) is 15.6 Å². The summed E-state index contributed by atoms with van der Waals surface area (Å²) >= 11 is 0. The summed E-state index contributed by atoms with van der Waals surface area (Å²) < 4.78 is 7.08. The molecular weight excluding hydrogens is 258 g/mol. The zero-order valence-corrected chi connectivity index (χ0v) is 10.4. The SMILES string of the molecule is O=C(O)c1coc(Cn2ccc(=O)c3ccccc32)c1. The molecule has 1 aromatic carbocycles. The van der Waals surface area contributed by atoms with Crippen molar-refractivity contribution in [3.05, 3.63) is 70.4 Å². The van der Waals surface area contributed by atoms with Gasteiger partial charge in [-0.05, 0) is 18.2 Å². The molecular formula is C15H11NO4. The van der Waals surface area contributed by atoms with Gasteiger partial charge in [-0.15, -0.1) is 0 Å². The van der Waals surface area contributed by atoms with Gasteiger partial charge in [0.2, 0.25) is 0 Å². The van der Waals surface area contributed by atoms with Gasteiger partial charge in [-0.2, -0.15) is 0 Å². The van der Waals surface area contributed by atoms with Crippen LogP contribution in [0.1, 0.15) is 16.1 Å². The second-order valence-corrected chi connectivity index (χ2v) is 4.43. The number of carboxylic acid groups (broad SMARTS) is 1. The maximum atomic E-state index is 11.8. The van der Waals surface area contributed by atoms with Gasteiger partial charge in [0.05, 0.1) is 17.6 Å². The number of furan rings is 1. The summed E-state index contributed by atoms with van der Waals surface area (Å²) in [5, 5.41) is 9.49. The van der Waals surface area contributed by atoms with Crippen molar-refractivity contribution in [3.63, 3.8) is 0 Å². The Morgan fingerprint density at radius 3 is 2.80 bits per heavy atom. The molecule has 0 atom stereocenters. The van der Waals surface area contributed by atoms with E-state index in [9.17, 15) is 9.59 Å². The molecule has 1 N–H and O–H groups in total. The third-order valence-corrected chi connectivity index (χ3v) is 3.11. The van der Waals surface area contributed by atoms with Crippen molar-refractivity contribution in [2.45, 2.75) is 6.54 Å². The van der Waals surface area contributed by atoms with Crippen LogP contribution in [0.25, 0.3) is 10.9 Å². The van der Waals surface area contributed by atoms with Crippen LogP contribution in [-0.2, 0) is 6.54 Å². The van der Waals surface area contributed by atoms with Crippen LogP contribution in [0.4, 0.5) is 0 Å². The first-order valence-electron chi connectivity index (χ1n) is 6.04. The van der Waals surface area contributed by atoms with E-state index in [1.54, 1.807) is 12.3 Å². The Kier molecular flexibility index (Phi) is 2.87. The lowest BCUT2D eigenvalue weighted by molar-refractivity contribution is 0.0696. The highest BCUT2D eigenvalue weighted by Gasteiger charge is 2.09. The molecule has 0 fully saturated rings. The molecule has 100 valence electrons. The summed E-state index contributed by atoms with van der Waals surface area (Å²) in [4.78, 5) is 22.6. The number of aromatic carboxylic acids is 1. The largest absolute Gasteiger partial charge is 0.478 e. The van der Waals surface area contributed by atoms with Crippen molar-refractivity contribution in [2.24, 2.45) is 0 Å². The van der Waals surface area contributed by atoms with E-state index < -0.39 is 5.97 Å². The number of pyridine rings is 1. The molecule has 20 heavy (non-hydrogen) atoms. The van der Waals surface area contributed by atoms with Gasteiger partial charge < -0.3 is 14.1 Å². The zero-order chi connectivity index (χ0) is 14.1. The molecule has 0 radical (unpaired) electrons. The molecule has 5 nitrogen and oxygen atoms in total. The molecule has 0 spiro atoms. The Balaban J connectivity index is 2.04. The summed E-state index contributed by atoms with van der Waals surface area (Å²) in [6.07, 6.45) is 2.88. The monoisotopic (exact) mass is 269 g/mol. The predicted octanol–water partition coefficient (Wildman–Crippen LogP) is 2.34. The fourth-order valence-corrected chi connectivity index (χ4v) is 2.14. The Bertz CT molecular complexity index is 844. The smallest absolute Gasteiger partial charge is 0.338 e. The minimum absolute atomic E-state index is 0.0393. The maximum absolute atomic E-state index is 11.8. The van der Waals surface area contributed by atoms with Gasteiger partial charge in [0.15, 0.2) is 5.43 Å². The van der Waals surface area contributed by atoms with E-state index in [2.05, 4.69) is 0 Å². The summed E-state index contributed by atoms with van der Waals surface area (Å²) in [5.41, 5.74) is 0.862. The van der Waals surface area contributed by atoms with Gasteiger partial charge in [0, 0.05) is 17.6 Å². The third kappa shape index (κ3) is 2.09. The van der Waals surface area contributed by atoms with Gasteiger partial charge in [0.25, 0.3) is 0 Å². The minimum Gasteiger partial charge on any atom is -0.478 e. The van der Waals surface area contributed by atoms with E-state index in [1.165, 1.54) is 18.4 Å². The van der Waals surface area contributed by atoms with Crippen LogP contribution in [0.2, 0.25) is 0 Å². The summed E-state index contributed by atoms with van der Waals surface area (Å²) in [7, 11) is 0. The number of carbonyl (C=O) groups is 1. The topological polar surface area (TPSA) is 72.4 Å². The van der Waals surface area contributed by atoms with Crippen molar-refractivity contribution >= 4 is 16.9 Å². The van der Waals surface area contributed by atoms with Crippen LogP contribution < -0.4 is 5.43 Å². The van der Waals surface area contributed by atoms with E-state index in [-0.39, 0.29) is 11.0 Å². The number of para-hydroxylation sites is 1. The number of aromatic nitrogens is 1. The molecule has 0 aliphatic rings. The number of nitrogens with zero attached hydrogens (tertiary/aromatic N) is 1. The first kappa shape index (κ1) is 12.2. The number of hydrogen-bond donors (Lipinski definition) is 1. The molecule has 2 aromatic heterocycles. The van der Waals surface area contributed by atoms with Gasteiger partial charge in [-0.3, -0.25) is 4.79 Å². The Labute approximate surface area is 113 Å². The molecule has 0 unspecified atom stereocenters. The Hall–Kier alpha value is -2.82. The van der Waals surface area contributed by atoms with Crippen molar-refractivity contribution in [2.75, 3.05) is 0 Å². The average molecular weight is 269 g/mol. The molecule has 0 saturated carbocycles. The number of carboxylic acids is 1. The van der Waals surface area contributed by atoms with Crippen LogP contribution in [0.5, 0.6) is 0 Å². The second-order valence-electron chi connectivity index (χ2n) is 4.43. The number of rotatable bonds is 3. The van der Waals surface area contributed by atoms with Crippen LogP contribution >= 0.6 is 0 Å². The van der Waals surface area contributed by atoms with Crippen molar-refractivity contribution in [3.8, 4) is 0 Å². The number of fused-ring (bicyclic) bond motifs is 1. The molecule has 5 heteroatoms. The first-order chi connectivity index (χ1) is 9.65. The van der Waals surface area contributed by atoms with E-state index in [0.29, 0.717) is 17.7 Å². The Morgan fingerprint density at radius 2 is 2.05 bits per heavy atom. The predicted molar refractivity (Wildman–Crippen MR) is 73.0 cm³/mol. The minimum atomic E-state index is -1.02. The molecule has 3 aromatic rings. The molecule has 0 bridgehead atoms. The molecule has 0 aliphatic carbocycles. The lowest BCUT2D eigenvalue weighted by Crippen LogP contribution is -2.08. The first-order valence-corrected chi connectivity index (χ1v) is 6.04. The maximum Gasteiger partial charge on any atom is 0.338 e. The van der Waals surface area contributed by atoms with Crippen LogP contribution in [0, 0.1) is 0 Å². The third-order valence-electron chi connectivity index (χ3n) is 3.11. The van der Waals surface area contributed by atoms with Gasteiger partial charge in [-0.1, -0.05) is 12.1 Å². The number of hydrogen-bond acceptors (Lipinski definition) is 3. The lowest BCUT2D eigenvalue weighted by Gasteiger charge is -2.08. The van der Waals surface area contributed by atoms with E-state index >= 15 is 0 Å². The van der Waals surface area contributed by atoms with Crippen molar-refractivity contribution in [1.29, 1.82) is 0 Å². The molecule has 2 heterocycles. The van der Waals surface area contributed by atoms with Gasteiger partial charge in [0.1, 0.15) is 12.0 Å². The summed E-state index contributed by atoms with van der Waals surface area (Å²) in [6.45, 7) is 0.369. The Morgan fingerprint density at radius 1 is 1.25 bits per heavy atom. The van der Waals surface area contributed by atoms with Gasteiger partial charge in [-0.25, -0.2) is 4.79 Å². The molecule has 0 aliphatic heterocycles. The highest BCUT2D eigenvalue weighted by molar-refractivity contribution is 5.87. The summed E-state index contributed by atoms with van der Waals surface area (Å²) in [5.74, 6) is -0.499. The standard InChI is InChI=1S/C15H11NO4/c17-14-5-6-16(13-4-2-1-3-12(13)14)8-11-7-10(9-20-11)15(18)19/h1-7,9H,8H2,(H,18,19). The fraction of sp³-hybridized carbons (Fsp3) is 0.0667. The molecule has 0 amide bonds. The van der Waals surface area contributed by atoms with E-state index in [0.717, 1.165) is 5.52 Å². The van der Waals surface area contributed by atoms with Crippen LogP contribution in [0.3, 0.4) is 0 Å². The molecule has 3 rings (SSSR count). The molecule has 0 saturated heterocycles. The average Bonchev–Trinajstić information content (AvgIpc) is 2.91. The van der Waals surface area contributed by atoms with E-state index in [4.69, 9.17) is 9.52 Å². The quantitative estimate of drug-likeness (QED) is 0.792. The highest BCUT2D eigenvalue weighted by atomic mass is 16.4. The normalized spacial score (nSPS) is 10.8. The zero-order valence-electron chi connectivity index (χ0n) is 10.4. The van der Waals surface area contributed by atoms with E-state index in [1.807, 2.05) is 22.8 Å². The van der Waals surface area contributed by atoms with Crippen LogP contribution in [0.15, 0.2) is 58.1 Å². The highest BCUT2D eigenvalue weighted by Crippen LogP contribution is 2.14. The van der Waals surface area contributed by atoms with Crippen molar-refractivity contribution < 1.29 is 14.3 Å². The van der Waals surface area contributed by atoms with Gasteiger partial charge >= 0.3 is 5.97 Å². The fourth-order valence-electron chi connectivity index (χ4n) is 2.14.